The number of allylic oxidation sites excluding steroid dienone is 6. The highest BCUT2D eigenvalue weighted by molar-refractivity contribution is 6.39. The molecule has 20 nitrogen and oxygen atoms in total. The fraction of sp³-hybridized carbons (Fsp3) is 0.707. The summed E-state index contributed by atoms with van der Waals surface area (Å²) in [6.07, 6.45) is 7.58. The van der Waals surface area contributed by atoms with Gasteiger partial charge in [0.25, 0.3) is 23.5 Å². The summed E-state index contributed by atoms with van der Waals surface area (Å²) in [5.41, 5.74) is 1.10. The van der Waals surface area contributed by atoms with Gasteiger partial charge in [0.1, 0.15) is 17.9 Å². The molecule has 0 radical (unpaired) electrons. The summed E-state index contributed by atoms with van der Waals surface area (Å²) in [5, 5.41) is 23.2. The van der Waals surface area contributed by atoms with E-state index in [1.54, 1.807) is 40.9 Å². The third kappa shape index (κ3) is 14.9. The van der Waals surface area contributed by atoms with Crippen molar-refractivity contribution in [2.75, 3.05) is 27.9 Å². The van der Waals surface area contributed by atoms with E-state index in [1.807, 2.05) is 44.2 Å². The van der Waals surface area contributed by atoms with Crippen LogP contribution in [0.4, 0.5) is 0 Å². The molecule has 2 N–H and O–H groups in total. The van der Waals surface area contributed by atoms with E-state index in [0.717, 1.165) is 5.57 Å². The molecule has 0 aromatic heterocycles. The van der Waals surface area contributed by atoms with E-state index in [0.29, 0.717) is 62.9 Å². The monoisotopic (exact) mass is 1090 g/mol. The summed E-state index contributed by atoms with van der Waals surface area (Å²) in [4.78, 5) is 129. The number of carbonyl (C=O) groups is 9. The second-order valence-corrected chi connectivity index (χ2v) is 22.5. The molecule has 3 amide bonds. The second-order valence-electron chi connectivity index (χ2n) is 22.5. The maximum absolute atomic E-state index is 14.6. The molecule has 4 saturated heterocycles. The molecule has 1 unspecified atom stereocenters. The first kappa shape index (κ1) is 62.0. The molecule has 78 heavy (non-hydrogen) atoms. The van der Waals surface area contributed by atoms with Crippen molar-refractivity contribution in [3.63, 3.8) is 0 Å². The lowest BCUT2D eigenvalue weighted by Crippen LogP contribution is -2.65. The van der Waals surface area contributed by atoms with Gasteiger partial charge in [-0.05, 0) is 101 Å². The second kappa shape index (κ2) is 27.8. The van der Waals surface area contributed by atoms with Crippen molar-refractivity contribution in [3.8, 4) is 0 Å². The molecule has 7 rings (SSSR count). The van der Waals surface area contributed by atoms with Gasteiger partial charge in [-0.2, -0.15) is 0 Å². The average molecular weight is 1100 g/mol. The Kier molecular flexibility index (Phi) is 22.0. The van der Waals surface area contributed by atoms with Crippen LogP contribution in [0.3, 0.4) is 0 Å². The number of Topliss-reactive ketones (excluding diaryl/α,β-unsaturated/α-hetero) is 3. The number of aliphatic hydroxyl groups is 2. The first-order valence-electron chi connectivity index (χ1n) is 27.8. The summed E-state index contributed by atoms with van der Waals surface area (Å²) in [6, 6.07) is -1.21. The molecule has 1 saturated carbocycles. The number of rotatable bonds is 10. The zero-order valence-corrected chi connectivity index (χ0v) is 46.8. The van der Waals surface area contributed by atoms with Crippen molar-refractivity contribution >= 4 is 53.0 Å². The zero-order chi connectivity index (χ0) is 57.2. The van der Waals surface area contributed by atoms with Crippen LogP contribution in [-0.4, -0.2) is 156 Å². The van der Waals surface area contributed by atoms with E-state index >= 15 is 0 Å². The lowest BCUT2D eigenvalue weighted by molar-refractivity contribution is -0.266. The molecule has 6 bridgehead atoms. The Bertz CT molecular complexity index is 2340. The number of methoxy groups -OCH3 is 3. The van der Waals surface area contributed by atoms with Crippen molar-refractivity contribution in [2.24, 2.45) is 41.4 Å². The van der Waals surface area contributed by atoms with E-state index in [4.69, 9.17) is 33.3 Å². The van der Waals surface area contributed by atoms with Gasteiger partial charge < -0.3 is 48.4 Å². The molecular weight excluding hydrogens is 1010 g/mol. The lowest BCUT2D eigenvalue weighted by atomic mass is 9.68. The lowest BCUT2D eigenvalue weighted by Gasteiger charge is -2.50. The van der Waals surface area contributed by atoms with Crippen molar-refractivity contribution in [1.29, 1.82) is 0 Å². The molecule has 6 heterocycles. The van der Waals surface area contributed by atoms with Gasteiger partial charge in [0.05, 0.1) is 37.3 Å². The van der Waals surface area contributed by atoms with Gasteiger partial charge in [0.15, 0.2) is 18.0 Å². The predicted octanol–water partition coefficient (Wildman–Crippen LogP) is 5.34. The highest BCUT2D eigenvalue weighted by Gasteiger charge is 2.57. The number of hydrogen-bond donors (Lipinski definition) is 2. The highest BCUT2D eigenvalue weighted by Crippen LogP contribution is 2.45. The van der Waals surface area contributed by atoms with Gasteiger partial charge in [-0.3, -0.25) is 33.6 Å². The topological polar surface area (TPSA) is 265 Å². The fourth-order valence-corrected chi connectivity index (χ4v) is 12.3. The number of fused-ring (bicyclic) bond motifs is 16. The van der Waals surface area contributed by atoms with E-state index < -0.39 is 144 Å². The Morgan fingerprint density at radius 3 is 2.18 bits per heavy atom. The van der Waals surface area contributed by atoms with Crippen LogP contribution in [0.2, 0.25) is 0 Å². The molecule has 6 aliphatic heterocycles. The first-order valence-corrected chi connectivity index (χ1v) is 27.8. The summed E-state index contributed by atoms with van der Waals surface area (Å²) >= 11 is 0. The number of hydrogen-bond acceptors (Lipinski definition) is 18. The largest absolute Gasteiger partial charge is 0.460 e. The van der Waals surface area contributed by atoms with E-state index in [9.17, 15) is 53.4 Å². The quantitative estimate of drug-likeness (QED) is 0.121. The van der Waals surface area contributed by atoms with E-state index in [2.05, 4.69) is 0 Å². The number of aliphatic hydroxyl groups excluding tert-OH is 1. The maximum atomic E-state index is 14.6. The maximum Gasteiger partial charge on any atom is 0.333 e. The van der Waals surface area contributed by atoms with Crippen LogP contribution < -0.4 is 0 Å². The predicted molar refractivity (Wildman–Crippen MR) is 279 cm³/mol. The van der Waals surface area contributed by atoms with Crippen molar-refractivity contribution in [1.82, 2.24) is 9.96 Å². The molecule has 1 aliphatic carbocycles. The van der Waals surface area contributed by atoms with Gasteiger partial charge in [0.2, 0.25) is 5.79 Å². The zero-order valence-electron chi connectivity index (χ0n) is 46.8. The van der Waals surface area contributed by atoms with E-state index in [-0.39, 0.29) is 55.4 Å². The van der Waals surface area contributed by atoms with Gasteiger partial charge >= 0.3 is 17.9 Å². The van der Waals surface area contributed by atoms with Crippen molar-refractivity contribution < 1.29 is 86.6 Å². The van der Waals surface area contributed by atoms with Crippen molar-refractivity contribution in [2.45, 2.75) is 192 Å². The Balaban J connectivity index is 1.35. The van der Waals surface area contributed by atoms with E-state index in [1.165, 1.54) is 19.1 Å². The van der Waals surface area contributed by atoms with Gasteiger partial charge in [-0.15, -0.1) is 5.06 Å². The number of imide groups is 1. The van der Waals surface area contributed by atoms with Crippen LogP contribution in [0, 0.1) is 41.4 Å². The molecule has 432 valence electrons. The Morgan fingerprint density at radius 2 is 1.50 bits per heavy atom. The Morgan fingerprint density at radius 1 is 0.795 bits per heavy atom. The molecule has 0 aromatic carbocycles. The SMILES string of the molecule is CO[C@H]1C[C@@H]2CC[C@@H](C)[C@@](O)(O2)C(=O)C(=O)N2CCCC3[C@H]2C(=O)O[C@@H](CC(=O)[C@H](C)/C=C(\C)[C@@H](OC(=O)CCC(=O)ON2C(=O)CCC2=O)[C@@H](OC)C(=O)[C@H](C)C[C@H](C)/C=C/C=C/C=C/1C)[C@H]3C[C@@H]1CC[C@@H](O)[C@H](OC)C1. The standard InChI is InChI=1S/C58H82N2O18/c1-32-14-11-10-12-15-33(2)44(72-7)30-39-19-17-37(6)58(71,77-39)55(68)56(69)59-25-13-16-40-41(28-38-18-20-42(61)46(29-38)73-8)45(75-57(70)51(40)59)31-43(62)34(3)27-36(5)53(54(74-9)52(67)35(4)26-32)76-49(65)23-24-50(66)78-60-47(63)21-22-48(60)64/h10-12,14-15,27,32,34-35,37-42,44-46,51,53-54,61,71H,13,16-26,28-31H2,1-9H3/b12-10+,14-11+,33-15+,36-27+/t32-,34-,35-,37-,38+,39+,40?,41+,42-,44+,45+,46-,51+,53-,54+,58-/m1/s1. The van der Waals surface area contributed by atoms with Gasteiger partial charge in [0, 0.05) is 77.2 Å². The average Bonchev–Trinajstić information content (AvgIpc) is 3.75. The van der Waals surface area contributed by atoms with Crippen LogP contribution in [0.5, 0.6) is 0 Å². The summed E-state index contributed by atoms with van der Waals surface area (Å²) < 4.78 is 35.7. The van der Waals surface area contributed by atoms with Crippen LogP contribution in [0.15, 0.2) is 47.6 Å². The van der Waals surface area contributed by atoms with Crippen LogP contribution >= 0.6 is 0 Å². The minimum absolute atomic E-state index is 0.0314. The summed E-state index contributed by atoms with van der Waals surface area (Å²) in [6.45, 7) is 10.4. The molecule has 7 aliphatic rings. The number of nitrogens with zero attached hydrogens (tertiary/aromatic N) is 2. The third-order valence-electron chi connectivity index (χ3n) is 16.9. The number of ketones is 3. The molecule has 0 spiro atoms. The number of carbonyl (C=O) groups excluding carboxylic acids is 9. The normalized spacial score (nSPS) is 38.4. The smallest absolute Gasteiger partial charge is 0.333 e. The Labute approximate surface area is 457 Å². The fourth-order valence-electron chi connectivity index (χ4n) is 12.3. The van der Waals surface area contributed by atoms with Gasteiger partial charge in [-0.1, -0.05) is 64.2 Å². The summed E-state index contributed by atoms with van der Waals surface area (Å²) in [5.74, 6) is -13.2. The molecule has 0 aromatic rings. The molecule has 20 heteroatoms. The number of ether oxygens (including phenoxy) is 6. The number of amides is 3. The van der Waals surface area contributed by atoms with Crippen LogP contribution in [-0.2, 0) is 76.4 Å². The third-order valence-corrected chi connectivity index (χ3v) is 16.9. The van der Waals surface area contributed by atoms with Crippen LogP contribution in [0.1, 0.15) is 138 Å². The first-order chi connectivity index (χ1) is 37.0. The number of piperidine rings is 1. The van der Waals surface area contributed by atoms with Crippen LogP contribution in [0.25, 0.3) is 0 Å². The van der Waals surface area contributed by atoms with Gasteiger partial charge in [-0.25, -0.2) is 9.59 Å². The van der Waals surface area contributed by atoms with Crippen molar-refractivity contribution in [3.05, 3.63) is 47.6 Å². The molecule has 16 atom stereocenters. The number of esters is 2. The highest BCUT2D eigenvalue weighted by atomic mass is 16.7. The minimum atomic E-state index is -2.49. The molecular formula is C58H82N2O18. The summed E-state index contributed by atoms with van der Waals surface area (Å²) in [7, 11) is 4.38. The molecule has 5 fully saturated rings. The Hall–Kier alpha value is -5.25. The number of hydroxylamine groups is 2. The minimum Gasteiger partial charge on any atom is -0.460 e.